The summed E-state index contributed by atoms with van der Waals surface area (Å²) < 4.78 is 94.6. The first kappa shape index (κ1) is 29.7. The van der Waals surface area contributed by atoms with Gasteiger partial charge in [-0.2, -0.15) is 21.8 Å². The Balaban J connectivity index is 1.58. The van der Waals surface area contributed by atoms with Crippen LogP contribution < -0.4 is 5.32 Å². The Morgan fingerprint density at radius 1 is 0.825 bits per heavy atom. The van der Waals surface area contributed by atoms with E-state index in [4.69, 9.17) is 0 Å². The van der Waals surface area contributed by atoms with E-state index in [1.807, 2.05) is 0 Å². The third kappa shape index (κ3) is 7.08. The van der Waals surface area contributed by atoms with Gasteiger partial charge in [-0.3, -0.25) is 4.79 Å². The second kappa shape index (κ2) is 12.1. The van der Waals surface area contributed by atoms with E-state index in [-0.39, 0.29) is 22.0 Å². The highest BCUT2D eigenvalue weighted by molar-refractivity contribution is 7.89. The highest BCUT2D eigenvalue weighted by atomic mass is 32.2. The van der Waals surface area contributed by atoms with Crippen molar-refractivity contribution in [3.63, 3.8) is 0 Å². The van der Waals surface area contributed by atoms with Crippen molar-refractivity contribution in [2.75, 3.05) is 25.0 Å². The van der Waals surface area contributed by atoms with Gasteiger partial charge in [-0.25, -0.2) is 16.8 Å². The van der Waals surface area contributed by atoms with Gasteiger partial charge in [0.1, 0.15) is 0 Å². The van der Waals surface area contributed by atoms with Crippen molar-refractivity contribution in [2.45, 2.75) is 41.8 Å². The number of piperidine rings is 1. The standard InChI is InChI=1S/C27H28F3N3O5S2/c28-27(29,30)22-10-7-11-23(18-22)31-26(34)20-33(19-21-8-3-1-4-9-21)40(37,38)25-14-12-24(13-15-25)39(35,36)32-16-5-2-6-17-32/h1,3-4,7-15,18H,2,5-6,16-17,19-20H2,(H,31,34). The van der Waals surface area contributed by atoms with Gasteiger partial charge < -0.3 is 5.32 Å². The molecular weight excluding hydrogens is 567 g/mol. The van der Waals surface area contributed by atoms with Crippen LogP contribution in [0.5, 0.6) is 0 Å². The zero-order chi connectivity index (χ0) is 29.0. The molecule has 3 aromatic rings. The number of alkyl halides is 3. The molecule has 0 aromatic heterocycles. The Morgan fingerprint density at radius 3 is 2.08 bits per heavy atom. The number of benzene rings is 3. The lowest BCUT2D eigenvalue weighted by atomic mass is 10.2. The van der Waals surface area contributed by atoms with E-state index in [0.717, 1.165) is 41.8 Å². The van der Waals surface area contributed by atoms with Crippen LogP contribution in [0.4, 0.5) is 18.9 Å². The highest BCUT2D eigenvalue weighted by Crippen LogP contribution is 2.31. The monoisotopic (exact) mass is 595 g/mol. The number of halogens is 3. The lowest BCUT2D eigenvalue weighted by molar-refractivity contribution is -0.137. The van der Waals surface area contributed by atoms with Gasteiger partial charge in [0, 0.05) is 25.3 Å². The van der Waals surface area contributed by atoms with Crippen molar-refractivity contribution in [1.29, 1.82) is 0 Å². The molecule has 0 bridgehead atoms. The van der Waals surface area contributed by atoms with Crippen LogP contribution in [0.1, 0.15) is 30.4 Å². The fourth-order valence-corrected chi connectivity index (χ4v) is 7.24. The number of hydrogen-bond donors (Lipinski definition) is 1. The van der Waals surface area contributed by atoms with Crippen molar-refractivity contribution in [3.8, 4) is 0 Å². The molecule has 1 N–H and O–H groups in total. The summed E-state index contributed by atoms with van der Waals surface area (Å²) in [7, 11) is -8.10. The number of carbonyl (C=O) groups excluding carboxylic acids is 1. The van der Waals surface area contributed by atoms with E-state index in [2.05, 4.69) is 5.32 Å². The van der Waals surface area contributed by atoms with Gasteiger partial charge in [-0.15, -0.1) is 0 Å². The molecule has 4 rings (SSSR count). The molecule has 0 atom stereocenters. The van der Waals surface area contributed by atoms with Crippen LogP contribution in [0.15, 0.2) is 88.7 Å². The highest BCUT2D eigenvalue weighted by Gasteiger charge is 2.32. The molecule has 1 saturated heterocycles. The zero-order valence-corrected chi connectivity index (χ0v) is 23.0. The number of nitrogens with one attached hydrogen (secondary N) is 1. The van der Waals surface area contributed by atoms with Crippen molar-refractivity contribution in [3.05, 3.63) is 90.0 Å². The summed E-state index contributed by atoms with van der Waals surface area (Å²) in [4.78, 5) is 12.6. The first-order valence-electron chi connectivity index (χ1n) is 12.5. The number of nitrogens with zero attached hydrogens (tertiary/aromatic N) is 2. The predicted molar refractivity (Wildman–Crippen MR) is 143 cm³/mol. The van der Waals surface area contributed by atoms with Crippen molar-refractivity contribution in [1.82, 2.24) is 8.61 Å². The second-order valence-corrected chi connectivity index (χ2v) is 13.2. The van der Waals surface area contributed by atoms with E-state index in [9.17, 15) is 34.8 Å². The molecule has 3 aromatic carbocycles. The van der Waals surface area contributed by atoms with Crippen molar-refractivity contribution in [2.24, 2.45) is 0 Å². The molecule has 0 saturated carbocycles. The third-order valence-corrected chi connectivity index (χ3v) is 10.1. The maximum atomic E-state index is 13.6. The minimum Gasteiger partial charge on any atom is -0.325 e. The second-order valence-electron chi connectivity index (χ2n) is 9.32. The number of carbonyl (C=O) groups is 1. The van der Waals surface area contributed by atoms with Crippen molar-refractivity contribution < 1.29 is 34.8 Å². The lowest BCUT2D eigenvalue weighted by Crippen LogP contribution is -2.37. The SMILES string of the molecule is O=C(CN(Cc1ccccc1)S(=O)(=O)c1ccc(S(=O)(=O)N2CCCCC2)cc1)Nc1cccc(C(F)(F)F)c1. The molecule has 214 valence electrons. The summed E-state index contributed by atoms with van der Waals surface area (Å²) in [5.41, 5.74) is -0.523. The molecular formula is C27H28F3N3O5S2. The number of sulfonamides is 2. The molecule has 13 heteroatoms. The van der Waals surface area contributed by atoms with Crippen LogP contribution in [0.25, 0.3) is 0 Å². The molecule has 0 radical (unpaired) electrons. The minimum absolute atomic E-state index is 0.0368. The largest absolute Gasteiger partial charge is 0.416 e. The molecule has 8 nitrogen and oxygen atoms in total. The predicted octanol–water partition coefficient (Wildman–Crippen LogP) is 4.71. The van der Waals surface area contributed by atoms with Gasteiger partial charge in [0.05, 0.1) is 21.9 Å². The Morgan fingerprint density at radius 2 is 1.45 bits per heavy atom. The summed E-state index contributed by atoms with van der Waals surface area (Å²) in [6.45, 7) is -0.100. The summed E-state index contributed by atoms with van der Waals surface area (Å²) in [5.74, 6) is -0.844. The molecule has 1 fully saturated rings. The Kier molecular flexibility index (Phi) is 8.98. The number of amides is 1. The van der Waals surface area contributed by atoms with Crippen molar-refractivity contribution >= 4 is 31.6 Å². The summed E-state index contributed by atoms with van der Waals surface area (Å²) in [5, 5.41) is 2.33. The Hall–Kier alpha value is -3.26. The summed E-state index contributed by atoms with van der Waals surface area (Å²) in [6.07, 6.45) is -2.16. The number of rotatable bonds is 9. The molecule has 1 amide bonds. The molecule has 1 aliphatic heterocycles. The third-order valence-electron chi connectivity index (χ3n) is 6.41. The van der Waals surface area contributed by atoms with Crippen LogP contribution in [0, 0.1) is 0 Å². The maximum absolute atomic E-state index is 13.6. The molecule has 0 spiro atoms. The van der Waals surface area contributed by atoms with E-state index in [0.29, 0.717) is 18.7 Å². The smallest absolute Gasteiger partial charge is 0.325 e. The quantitative estimate of drug-likeness (QED) is 0.386. The average molecular weight is 596 g/mol. The number of hydrogen-bond acceptors (Lipinski definition) is 5. The van der Waals surface area contributed by atoms with Gasteiger partial charge in [-0.05, 0) is 60.9 Å². The van der Waals surface area contributed by atoms with E-state index in [1.54, 1.807) is 30.3 Å². The molecule has 0 aliphatic carbocycles. The Labute approximate surface area is 231 Å². The van der Waals surface area contributed by atoms with Crippen LogP contribution in [0.3, 0.4) is 0 Å². The molecule has 40 heavy (non-hydrogen) atoms. The summed E-state index contributed by atoms with van der Waals surface area (Å²) >= 11 is 0. The summed E-state index contributed by atoms with van der Waals surface area (Å²) in [6, 6.07) is 17.3. The van der Waals surface area contributed by atoms with Crippen LogP contribution in [-0.2, 0) is 37.6 Å². The van der Waals surface area contributed by atoms with Gasteiger partial charge in [0.25, 0.3) is 0 Å². The van der Waals surface area contributed by atoms with Crippen LogP contribution in [0.2, 0.25) is 0 Å². The lowest BCUT2D eigenvalue weighted by Gasteiger charge is -2.26. The van der Waals surface area contributed by atoms with E-state index < -0.39 is 44.2 Å². The fourth-order valence-electron chi connectivity index (χ4n) is 4.33. The van der Waals surface area contributed by atoms with Gasteiger partial charge in [0.15, 0.2) is 0 Å². The fraction of sp³-hybridized carbons (Fsp3) is 0.296. The first-order chi connectivity index (χ1) is 18.9. The molecule has 1 heterocycles. The van der Waals surface area contributed by atoms with E-state index in [1.165, 1.54) is 34.6 Å². The Bertz CT molecular complexity index is 1540. The van der Waals surface area contributed by atoms with Gasteiger partial charge in [-0.1, -0.05) is 42.8 Å². The molecule has 0 unspecified atom stereocenters. The molecule has 1 aliphatic rings. The first-order valence-corrected chi connectivity index (χ1v) is 15.4. The van der Waals surface area contributed by atoms with Gasteiger partial charge in [0.2, 0.25) is 26.0 Å². The van der Waals surface area contributed by atoms with Gasteiger partial charge >= 0.3 is 6.18 Å². The van der Waals surface area contributed by atoms with Crippen LogP contribution in [-0.4, -0.2) is 51.0 Å². The minimum atomic E-state index is -4.61. The zero-order valence-electron chi connectivity index (χ0n) is 21.3. The topological polar surface area (TPSA) is 104 Å². The van der Waals surface area contributed by atoms with E-state index >= 15 is 0 Å². The normalized spacial score (nSPS) is 15.2. The number of anilines is 1. The maximum Gasteiger partial charge on any atom is 0.416 e. The average Bonchev–Trinajstić information content (AvgIpc) is 2.93. The van der Waals surface area contributed by atoms with Crippen LogP contribution >= 0.6 is 0 Å².